The van der Waals surface area contributed by atoms with E-state index in [1.165, 1.54) is 31.4 Å². The highest BCUT2D eigenvalue weighted by molar-refractivity contribution is 6.32. The third-order valence-electron chi connectivity index (χ3n) is 2.64. The highest BCUT2D eigenvalue weighted by Gasteiger charge is 2.13. The van der Waals surface area contributed by atoms with Crippen LogP contribution in [0.4, 0.5) is 5.69 Å². The van der Waals surface area contributed by atoms with E-state index in [2.05, 4.69) is 0 Å². The highest BCUT2D eigenvalue weighted by Crippen LogP contribution is 2.36. The standard InChI is InChI=1S/C14H9ClN2O4/c1-20-14-6-9(8-16)2-4-13(14)21-12-5-3-10(17(18)19)7-11(12)15/h2-7H,1H3. The van der Waals surface area contributed by atoms with Gasteiger partial charge in [-0.05, 0) is 18.2 Å². The molecule has 0 saturated carbocycles. The van der Waals surface area contributed by atoms with Crippen molar-refractivity contribution in [3.63, 3.8) is 0 Å². The monoisotopic (exact) mass is 304 g/mol. The molecule has 2 aromatic carbocycles. The number of rotatable bonds is 4. The lowest BCUT2D eigenvalue weighted by molar-refractivity contribution is -0.384. The predicted octanol–water partition coefficient (Wildman–Crippen LogP) is 3.92. The van der Waals surface area contributed by atoms with Crippen molar-refractivity contribution in [3.05, 3.63) is 57.1 Å². The van der Waals surface area contributed by atoms with Gasteiger partial charge < -0.3 is 9.47 Å². The van der Waals surface area contributed by atoms with E-state index in [0.29, 0.717) is 17.1 Å². The maximum absolute atomic E-state index is 10.6. The Kier molecular flexibility index (Phi) is 4.26. The molecule has 2 rings (SSSR count). The number of nitro benzene ring substituents is 1. The average molecular weight is 305 g/mol. The van der Waals surface area contributed by atoms with Gasteiger partial charge in [-0.3, -0.25) is 10.1 Å². The summed E-state index contributed by atoms with van der Waals surface area (Å²) in [5.41, 5.74) is 0.299. The fourth-order valence-corrected chi connectivity index (χ4v) is 1.84. The largest absolute Gasteiger partial charge is 0.493 e. The molecule has 0 bridgehead atoms. The Morgan fingerprint density at radius 3 is 2.48 bits per heavy atom. The second kappa shape index (κ2) is 6.11. The Labute approximate surface area is 125 Å². The molecule has 0 aliphatic carbocycles. The van der Waals surface area contributed by atoms with Gasteiger partial charge in [-0.25, -0.2) is 0 Å². The number of halogens is 1. The number of nitro groups is 1. The van der Waals surface area contributed by atoms with E-state index >= 15 is 0 Å². The van der Waals surface area contributed by atoms with Crippen molar-refractivity contribution in [1.82, 2.24) is 0 Å². The lowest BCUT2D eigenvalue weighted by atomic mass is 10.2. The topological polar surface area (TPSA) is 85.4 Å². The lowest BCUT2D eigenvalue weighted by Gasteiger charge is -2.11. The number of hydrogen-bond donors (Lipinski definition) is 0. The van der Waals surface area contributed by atoms with Crippen LogP contribution in [0.3, 0.4) is 0 Å². The molecule has 7 heteroatoms. The number of hydrogen-bond acceptors (Lipinski definition) is 5. The average Bonchev–Trinajstić information content (AvgIpc) is 2.49. The van der Waals surface area contributed by atoms with Crippen molar-refractivity contribution in [2.75, 3.05) is 7.11 Å². The SMILES string of the molecule is COc1cc(C#N)ccc1Oc1ccc([N+](=O)[O-])cc1Cl. The van der Waals surface area contributed by atoms with Crippen LogP contribution >= 0.6 is 11.6 Å². The summed E-state index contributed by atoms with van der Waals surface area (Å²) in [6.07, 6.45) is 0. The Balaban J connectivity index is 2.34. The lowest BCUT2D eigenvalue weighted by Crippen LogP contribution is -1.93. The van der Waals surface area contributed by atoms with Crippen LogP contribution in [0.1, 0.15) is 5.56 Å². The van der Waals surface area contributed by atoms with Crippen LogP contribution in [0.15, 0.2) is 36.4 Å². The summed E-state index contributed by atoms with van der Waals surface area (Å²) < 4.78 is 10.7. The van der Waals surface area contributed by atoms with E-state index in [1.807, 2.05) is 6.07 Å². The fourth-order valence-electron chi connectivity index (χ4n) is 1.63. The Hall–Kier alpha value is -2.78. The van der Waals surface area contributed by atoms with Crippen molar-refractivity contribution in [2.24, 2.45) is 0 Å². The first-order valence-corrected chi connectivity index (χ1v) is 6.13. The van der Waals surface area contributed by atoms with E-state index < -0.39 is 4.92 Å². The normalized spacial score (nSPS) is 9.76. The second-order valence-electron chi connectivity index (χ2n) is 3.95. The summed E-state index contributed by atoms with van der Waals surface area (Å²) in [6.45, 7) is 0. The van der Waals surface area contributed by atoms with Crippen molar-refractivity contribution in [1.29, 1.82) is 5.26 Å². The van der Waals surface area contributed by atoms with Gasteiger partial charge in [0.1, 0.15) is 5.75 Å². The molecule has 0 atom stereocenters. The Bertz CT molecular complexity index is 740. The quantitative estimate of drug-likeness (QED) is 0.631. The predicted molar refractivity (Wildman–Crippen MR) is 75.9 cm³/mol. The second-order valence-corrected chi connectivity index (χ2v) is 4.36. The molecule has 0 saturated heterocycles. The first kappa shape index (κ1) is 14.6. The zero-order valence-electron chi connectivity index (χ0n) is 10.9. The number of nitrogens with zero attached hydrogens (tertiary/aromatic N) is 2. The van der Waals surface area contributed by atoms with Crippen LogP contribution in [0.2, 0.25) is 5.02 Å². The molecular weight excluding hydrogens is 296 g/mol. The van der Waals surface area contributed by atoms with Crippen LogP contribution < -0.4 is 9.47 Å². The molecule has 0 aromatic heterocycles. The highest BCUT2D eigenvalue weighted by atomic mass is 35.5. The summed E-state index contributed by atoms with van der Waals surface area (Å²) in [7, 11) is 1.45. The van der Waals surface area contributed by atoms with Gasteiger partial charge in [0.05, 0.1) is 28.7 Å². The van der Waals surface area contributed by atoms with Gasteiger partial charge in [-0.2, -0.15) is 5.26 Å². The zero-order valence-corrected chi connectivity index (χ0v) is 11.6. The van der Waals surface area contributed by atoms with Crippen LogP contribution in [-0.2, 0) is 0 Å². The fraction of sp³-hybridized carbons (Fsp3) is 0.0714. The molecule has 2 aromatic rings. The van der Waals surface area contributed by atoms with Gasteiger partial charge in [-0.15, -0.1) is 0 Å². The van der Waals surface area contributed by atoms with Gasteiger partial charge in [0.25, 0.3) is 5.69 Å². The zero-order chi connectivity index (χ0) is 15.4. The molecule has 21 heavy (non-hydrogen) atoms. The minimum absolute atomic E-state index is 0.107. The molecule has 0 spiro atoms. The number of non-ortho nitro benzene ring substituents is 1. The van der Waals surface area contributed by atoms with Crippen LogP contribution in [0.25, 0.3) is 0 Å². The van der Waals surface area contributed by atoms with Gasteiger partial charge in [-0.1, -0.05) is 11.6 Å². The van der Waals surface area contributed by atoms with E-state index in [4.69, 9.17) is 26.3 Å². The summed E-state index contributed by atoms with van der Waals surface area (Å²) in [5.74, 6) is 0.973. The molecule has 0 amide bonds. The molecule has 0 unspecified atom stereocenters. The van der Waals surface area contributed by atoms with Gasteiger partial charge in [0, 0.05) is 18.2 Å². The smallest absolute Gasteiger partial charge is 0.271 e. The molecule has 0 radical (unpaired) electrons. The number of benzene rings is 2. The maximum atomic E-state index is 10.6. The van der Waals surface area contributed by atoms with Crippen molar-refractivity contribution in [2.45, 2.75) is 0 Å². The van der Waals surface area contributed by atoms with Crippen molar-refractivity contribution < 1.29 is 14.4 Å². The van der Waals surface area contributed by atoms with E-state index in [0.717, 1.165) is 0 Å². The van der Waals surface area contributed by atoms with Gasteiger partial charge in [0.2, 0.25) is 0 Å². The molecule has 0 N–H and O–H groups in total. The Morgan fingerprint density at radius 1 is 1.19 bits per heavy atom. The summed E-state index contributed by atoms with van der Waals surface area (Å²) in [6, 6.07) is 10.5. The molecule has 106 valence electrons. The summed E-state index contributed by atoms with van der Waals surface area (Å²) in [5, 5.41) is 19.6. The molecule has 0 fully saturated rings. The van der Waals surface area contributed by atoms with Crippen LogP contribution in [0.5, 0.6) is 17.2 Å². The minimum atomic E-state index is -0.544. The molecule has 0 aliphatic rings. The minimum Gasteiger partial charge on any atom is -0.493 e. The maximum Gasteiger partial charge on any atom is 0.271 e. The third kappa shape index (κ3) is 3.22. The van der Waals surface area contributed by atoms with Crippen LogP contribution in [0, 0.1) is 21.4 Å². The van der Waals surface area contributed by atoms with Crippen molar-refractivity contribution in [3.8, 4) is 23.3 Å². The number of nitriles is 1. The third-order valence-corrected chi connectivity index (χ3v) is 2.93. The van der Waals surface area contributed by atoms with Gasteiger partial charge >= 0.3 is 0 Å². The van der Waals surface area contributed by atoms with Crippen molar-refractivity contribution >= 4 is 17.3 Å². The Morgan fingerprint density at radius 2 is 1.90 bits per heavy atom. The number of ether oxygens (including phenoxy) is 2. The molecule has 0 aliphatic heterocycles. The summed E-state index contributed by atoms with van der Waals surface area (Å²) in [4.78, 5) is 10.1. The van der Waals surface area contributed by atoms with Crippen LogP contribution in [-0.4, -0.2) is 12.0 Å². The summed E-state index contributed by atoms with van der Waals surface area (Å²) >= 11 is 5.95. The van der Waals surface area contributed by atoms with E-state index in [9.17, 15) is 10.1 Å². The molecular formula is C14H9ClN2O4. The number of methoxy groups -OCH3 is 1. The molecule has 0 heterocycles. The van der Waals surface area contributed by atoms with Gasteiger partial charge in [0.15, 0.2) is 11.5 Å². The molecule has 6 nitrogen and oxygen atoms in total. The van der Waals surface area contributed by atoms with E-state index in [-0.39, 0.29) is 16.5 Å². The first-order valence-electron chi connectivity index (χ1n) is 5.75. The van der Waals surface area contributed by atoms with E-state index in [1.54, 1.807) is 12.1 Å². The first-order chi connectivity index (χ1) is 10.0.